The van der Waals surface area contributed by atoms with Gasteiger partial charge in [-0.25, -0.2) is 18.8 Å². The molecule has 0 bridgehead atoms. The molecule has 0 N–H and O–H groups in total. The minimum absolute atomic E-state index is 0.376. The molecule has 0 saturated heterocycles. The van der Waals surface area contributed by atoms with Crippen molar-refractivity contribution in [3.8, 4) is 0 Å². The molecule has 0 radical (unpaired) electrons. The van der Waals surface area contributed by atoms with Crippen LogP contribution in [0, 0.1) is 0 Å². The zero-order valence-corrected chi connectivity index (χ0v) is 10.1. The molecular formula is C10H19N3O3. The number of unbranched alkanes of at least 4 members (excludes halogenated alkanes) is 3. The van der Waals surface area contributed by atoms with Crippen molar-refractivity contribution in [1.82, 2.24) is 14.1 Å². The molecule has 1 heterocycles. The molecule has 0 saturated carbocycles. The molecule has 0 aliphatic heterocycles. The standard InChI is InChI=1S/C10H19N3O3/c1-4-5-6-7-8-16-13-10(15)11(2)9(14)12(13)3/h4-8H2,1-3H3. The second-order valence-corrected chi connectivity index (χ2v) is 3.81. The first-order valence-corrected chi connectivity index (χ1v) is 5.58. The summed E-state index contributed by atoms with van der Waals surface area (Å²) in [5, 5.41) is 0. The average Bonchev–Trinajstić information content (AvgIpc) is 2.46. The van der Waals surface area contributed by atoms with E-state index in [-0.39, 0.29) is 5.69 Å². The minimum Gasteiger partial charge on any atom is -0.394 e. The largest absolute Gasteiger partial charge is 0.394 e. The van der Waals surface area contributed by atoms with Gasteiger partial charge in [0.05, 0.1) is 0 Å². The predicted molar refractivity (Wildman–Crippen MR) is 60.5 cm³/mol. The Bertz CT molecular complexity index is 441. The molecule has 6 nitrogen and oxygen atoms in total. The molecule has 92 valence electrons. The van der Waals surface area contributed by atoms with E-state index in [0.717, 1.165) is 35.1 Å². The Labute approximate surface area is 94.0 Å². The van der Waals surface area contributed by atoms with Gasteiger partial charge in [0.1, 0.15) is 6.61 Å². The van der Waals surface area contributed by atoms with E-state index in [1.807, 2.05) is 0 Å². The van der Waals surface area contributed by atoms with E-state index in [2.05, 4.69) is 6.92 Å². The summed E-state index contributed by atoms with van der Waals surface area (Å²) in [6, 6.07) is 0. The Balaban J connectivity index is 2.58. The van der Waals surface area contributed by atoms with Crippen molar-refractivity contribution in [2.24, 2.45) is 14.1 Å². The Morgan fingerprint density at radius 2 is 1.75 bits per heavy atom. The molecule has 16 heavy (non-hydrogen) atoms. The van der Waals surface area contributed by atoms with Crippen LogP contribution in [0.5, 0.6) is 0 Å². The third-order valence-corrected chi connectivity index (χ3v) is 2.50. The highest BCUT2D eigenvalue weighted by Crippen LogP contribution is 1.97. The van der Waals surface area contributed by atoms with Crippen molar-refractivity contribution in [3.05, 3.63) is 21.0 Å². The van der Waals surface area contributed by atoms with Gasteiger partial charge in [-0.2, -0.15) is 0 Å². The molecule has 1 rings (SSSR count). The Morgan fingerprint density at radius 3 is 2.25 bits per heavy atom. The van der Waals surface area contributed by atoms with E-state index in [1.54, 1.807) is 0 Å². The fourth-order valence-electron chi connectivity index (χ4n) is 1.45. The SMILES string of the molecule is CCCCCCOn1c(=O)n(C)c(=O)n1C. The van der Waals surface area contributed by atoms with Gasteiger partial charge in [0.2, 0.25) is 0 Å². The van der Waals surface area contributed by atoms with Crippen LogP contribution in [-0.2, 0) is 14.1 Å². The first-order chi connectivity index (χ1) is 7.59. The molecule has 1 aromatic heterocycles. The van der Waals surface area contributed by atoms with Crippen LogP contribution >= 0.6 is 0 Å². The van der Waals surface area contributed by atoms with E-state index in [4.69, 9.17) is 4.84 Å². The van der Waals surface area contributed by atoms with E-state index in [9.17, 15) is 9.59 Å². The van der Waals surface area contributed by atoms with Crippen LogP contribution < -0.4 is 16.2 Å². The lowest BCUT2D eigenvalue weighted by Gasteiger charge is -2.06. The van der Waals surface area contributed by atoms with Gasteiger partial charge in [-0.3, -0.25) is 0 Å². The second-order valence-electron chi connectivity index (χ2n) is 3.81. The lowest BCUT2D eigenvalue weighted by molar-refractivity contribution is 0.0483. The van der Waals surface area contributed by atoms with Gasteiger partial charge in [-0.15, -0.1) is 0 Å². The molecule has 0 fully saturated rings. The second kappa shape index (κ2) is 5.58. The summed E-state index contributed by atoms with van der Waals surface area (Å²) >= 11 is 0. The number of hydrogen-bond acceptors (Lipinski definition) is 3. The van der Waals surface area contributed by atoms with E-state index >= 15 is 0 Å². The van der Waals surface area contributed by atoms with Gasteiger partial charge in [0.15, 0.2) is 0 Å². The molecule has 0 unspecified atom stereocenters. The van der Waals surface area contributed by atoms with Gasteiger partial charge in [-0.05, 0) is 12.8 Å². The first-order valence-electron chi connectivity index (χ1n) is 5.58. The third kappa shape index (κ3) is 2.56. The van der Waals surface area contributed by atoms with Gasteiger partial charge < -0.3 is 4.84 Å². The number of aromatic nitrogens is 3. The molecule has 6 heteroatoms. The molecule has 0 atom stereocenters. The van der Waals surface area contributed by atoms with Gasteiger partial charge in [0.25, 0.3) is 0 Å². The highest BCUT2D eigenvalue weighted by Gasteiger charge is 2.09. The van der Waals surface area contributed by atoms with Crippen molar-refractivity contribution in [2.45, 2.75) is 32.6 Å². The van der Waals surface area contributed by atoms with Crippen LogP contribution in [-0.4, -0.2) is 20.7 Å². The Morgan fingerprint density at radius 1 is 1.06 bits per heavy atom. The van der Waals surface area contributed by atoms with Gasteiger partial charge >= 0.3 is 11.4 Å². The van der Waals surface area contributed by atoms with Crippen LogP contribution in [0.4, 0.5) is 0 Å². The van der Waals surface area contributed by atoms with Crippen molar-refractivity contribution in [1.29, 1.82) is 0 Å². The van der Waals surface area contributed by atoms with Crippen molar-refractivity contribution in [2.75, 3.05) is 6.61 Å². The molecule has 0 aliphatic carbocycles. The molecule has 1 aromatic rings. The van der Waals surface area contributed by atoms with Gasteiger partial charge in [-0.1, -0.05) is 24.6 Å². The lowest BCUT2D eigenvalue weighted by Crippen LogP contribution is -2.32. The van der Waals surface area contributed by atoms with E-state index < -0.39 is 5.69 Å². The van der Waals surface area contributed by atoms with Crippen molar-refractivity contribution in [3.63, 3.8) is 0 Å². The number of rotatable bonds is 6. The summed E-state index contributed by atoms with van der Waals surface area (Å²) in [6.07, 6.45) is 4.28. The van der Waals surface area contributed by atoms with Crippen LogP contribution in [0.1, 0.15) is 32.6 Å². The average molecular weight is 229 g/mol. The quantitative estimate of drug-likeness (QED) is 0.640. The minimum atomic E-state index is -0.442. The maximum atomic E-state index is 11.5. The van der Waals surface area contributed by atoms with E-state index in [1.165, 1.54) is 18.8 Å². The molecule has 0 amide bonds. The summed E-state index contributed by atoms with van der Waals surface area (Å²) in [6.45, 7) is 2.59. The topological polar surface area (TPSA) is 58.2 Å². The van der Waals surface area contributed by atoms with Gasteiger partial charge in [0, 0.05) is 14.1 Å². The summed E-state index contributed by atoms with van der Waals surface area (Å²) < 4.78 is 2.19. The van der Waals surface area contributed by atoms with Crippen LogP contribution in [0.15, 0.2) is 9.59 Å². The first kappa shape index (κ1) is 12.6. The highest BCUT2D eigenvalue weighted by atomic mass is 16.7. The maximum Gasteiger partial charge on any atom is 0.381 e. The smallest absolute Gasteiger partial charge is 0.381 e. The normalized spacial score (nSPS) is 10.7. The van der Waals surface area contributed by atoms with Crippen LogP contribution in [0.3, 0.4) is 0 Å². The molecule has 0 aromatic carbocycles. The third-order valence-electron chi connectivity index (χ3n) is 2.50. The summed E-state index contributed by atoms with van der Waals surface area (Å²) in [4.78, 5) is 29.2. The predicted octanol–water partition coefficient (Wildman–Crippen LogP) is -0.106. The number of nitrogens with zero attached hydrogens (tertiary/aromatic N) is 3. The Kier molecular flexibility index (Phi) is 4.39. The lowest BCUT2D eigenvalue weighted by atomic mass is 10.2. The Hall–Kier alpha value is -1.46. The van der Waals surface area contributed by atoms with Crippen LogP contribution in [0.25, 0.3) is 0 Å². The molecule has 0 spiro atoms. The van der Waals surface area contributed by atoms with Crippen molar-refractivity contribution < 1.29 is 4.84 Å². The zero-order chi connectivity index (χ0) is 12.1. The van der Waals surface area contributed by atoms with E-state index in [0.29, 0.717) is 6.61 Å². The zero-order valence-electron chi connectivity index (χ0n) is 10.1. The van der Waals surface area contributed by atoms with Crippen LogP contribution in [0.2, 0.25) is 0 Å². The fourth-order valence-corrected chi connectivity index (χ4v) is 1.45. The summed E-state index contributed by atoms with van der Waals surface area (Å²) in [5.74, 6) is 0. The monoisotopic (exact) mass is 229 g/mol. The highest BCUT2D eigenvalue weighted by molar-refractivity contribution is 4.67. The maximum absolute atomic E-state index is 11.5. The summed E-state index contributed by atoms with van der Waals surface area (Å²) in [7, 11) is 2.94. The molecular weight excluding hydrogens is 210 g/mol. The van der Waals surface area contributed by atoms with Crippen molar-refractivity contribution >= 4 is 0 Å². The summed E-state index contributed by atoms with van der Waals surface area (Å²) in [5.41, 5.74) is -0.818. The fraction of sp³-hybridized carbons (Fsp3) is 0.800. The number of hydrogen-bond donors (Lipinski definition) is 0. The molecule has 0 aliphatic rings.